The Morgan fingerprint density at radius 3 is 1.36 bits per heavy atom. The van der Waals surface area contributed by atoms with E-state index in [4.69, 9.17) is 13.8 Å². The Morgan fingerprint density at radius 1 is 0.500 bits per heavy atom. The van der Waals surface area contributed by atoms with E-state index in [0.717, 1.165) is 116 Å². The number of phosphoric ester groups is 1. The van der Waals surface area contributed by atoms with Gasteiger partial charge in [0.1, 0.15) is 19.3 Å². The number of unbranched alkanes of at least 4 members (excludes halogenated alkanes) is 24. The molecule has 0 aliphatic heterocycles. The first-order chi connectivity index (χ1) is 34.9. The fourth-order valence-electron chi connectivity index (χ4n) is 8.02. The molecule has 0 aromatic rings. The van der Waals surface area contributed by atoms with E-state index < -0.39 is 20.0 Å². The van der Waals surface area contributed by atoms with Crippen LogP contribution in [0.2, 0.25) is 0 Å². The van der Waals surface area contributed by atoms with Crippen LogP contribution >= 0.6 is 7.82 Å². The molecule has 0 rings (SSSR count). The van der Waals surface area contributed by atoms with Crippen molar-refractivity contribution in [2.45, 2.75) is 258 Å². The highest BCUT2D eigenvalue weighted by atomic mass is 31.2. The first-order valence-electron chi connectivity index (χ1n) is 29.4. The molecule has 0 aromatic carbocycles. The number of ether oxygens (including phenoxy) is 1. The predicted octanol–water partition coefficient (Wildman–Crippen LogP) is 17.8. The standard InChI is InChI=1S/C62H111N2O7P/c1-7-10-13-16-19-22-25-28-29-30-31-32-33-34-35-37-39-42-45-48-51-54-61(65)63-59(58-70-72(67,68)69-57-56-64(4,5)6)60(53-50-47-44-41-38-27-24-21-18-15-12-9-3)71-62(66)55-52-49-46-43-40-36-26-23-20-17-14-11-8-2/h10,13,19,22,28-29,31-32,34-36,40,50,53,59-60H,7-9,11-12,14-18,20-21,23-27,30,33,37-39,41-49,51-52,54-58H2,1-6H3,(H-,63,65,67,68)/p+1/b13-10-,22-19-,29-28-,32-31-,35-34-,40-36-,53-50-. The Hall–Kier alpha value is -2.81. The molecule has 0 bridgehead atoms. The van der Waals surface area contributed by atoms with Gasteiger partial charge in [0.2, 0.25) is 5.91 Å². The molecule has 0 saturated heterocycles. The topological polar surface area (TPSA) is 111 Å². The summed E-state index contributed by atoms with van der Waals surface area (Å²) in [5.41, 5.74) is 0. The summed E-state index contributed by atoms with van der Waals surface area (Å²) in [5, 5.41) is 3.03. The number of phosphoric acid groups is 1. The molecule has 9 nitrogen and oxygen atoms in total. The highest BCUT2D eigenvalue weighted by molar-refractivity contribution is 7.47. The molecule has 0 fully saturated rings. The number of hydrogen-bond acceptors (Lipinski definition) is 6. The van der Waals surface area contributed by atoms with Gasteiger partial charge < -0.3 is 19.4 Å². The molecule has 2 N–H and O–H groups in total. The number of likely N-dealkylation sites (N-methyl/N-ethyl adjacent to an activating group) is 1. The molecule has 0 saturated carbocycles. The molecule has 0 radical (unpaired) electrons. The van der Waals surface area contributed by atoms with E-state index in [-0.39, 0.29) is 31.5 Å². The number of quaternary nitrogens is 1. The van der Waals surface area contributed by atoms with Crippen LogP contribution in [-0.2, 0) is 27.9 Å². The Bertz CT molecular complexity index is 1510. The average Bonchev–Trinajstić information content (AvgIpc) is 3.34. The molecule has 0 aliphatic rings. The lowest BCUT2D eigenvalue weighted by Crippen LogP contribution is -2.47. The average molecular weight is 1030 g/mol. The van der Waals surface area contributed by atoms with E-state index >= 15 is 0 Å². The second-order valence-corrected chi connectivity index (χ2v) is 22.2. The number of amides is 1. The van der Waals surface area contributed by atoms with Crippen LogP contribution in [0.25, 0.3) is 0 Å². The smallest absolute Gasteiger partial charge is 0.456 e. The van der Waals surface area contributed by atoms with E-state index in [2.05, 4.69) is 99.0 Å². The number of carbonyl (C=O) groups excluding carboxylic acids is 2. The Morgan fingerprint density at radius 2 is 0.889 bits per heavy atom. The van der Waals surface area contributed by atoms with E-state index in [1.54, 1.807) is 0 Å². The van der Waals surface area contributed by atoms with Crippen molar-refractivity contribution in [3.05, 3.63) is 85.1 Å². The van der Waals surface area contributed by atoms with Crippen LogP contribution in [0.3, 0.4) is 0 Å². The quantitative estimate of drug-likeness (QED) is 0.0205. The lowest BCUT2D eigenvalue weighted by Gasteiger charge is -2.27. The van der Waals surface area contributed by atoms with Crippen LogP contribution in [0, 0.1) is 0 Å². The van der Waals surface area contributed by atoms with Crippen molar-refractivity contribution in [2.24, 2.45) is 0 Å². The van der Waals surface area contributed by atoms with Gasteiger partial charge in [0.05, 0.1) is 33.8 Å². The SMILES string of the molecule is CC/C=C\C/C=C\C/C=C\C/C=C\C/C=C\CCCCCCCC(=O)NC(COP(=O)(O)OCC[N+](C)(C)C)C(/C=C\CCCCCCCCCCCC)OC(=O)CCCCC/C=C\CCCCCCCC. The van der Waals surface area contributed by atoms with Crippen LogP contribution < -0.4 is 5.32 Å². The van der Waals surface area contributed by atoms with Crippen molar-refractivity contribution < 1.29 is 37.3 Å². The lowest BCUT2D eigenvalue weighted by atomic mass is 10.0. The number of hydrogen-bond donors (Lipinski definition) is 2. The third-order valence-corrected chi connectivity index (χ3v) is 13.6. The van der Waals surface area contributed by atoms with Crippen LogP contribution in [0.1, 0.15) is 245 Å². The van der Waals surface area contributed by atoms with Gasteiger partial charge in [-0.15, -0.1) is 0 Å². The van der Waals surface area contributed by atoms with Crippen molar-refractivity contribution in [3.63, 3.8) is 0 Å². The first kappa shape index (κ1) is 69.2. The minimum Gasteiger partial charge on any atom is -0.456 e. The van der Waals surface area contributed by atoms with E-state index in [0.29, 0.717) is 23.9 Å². The fraction of sp³-hybridized carbons (Fsp3) is 0.742. The number of nitrogens with one attached hydrogen (secondary N) is 1. The lowest BCUT2D eigenvalue weighted by molar-refractivity contribution is -0.870. The zero-order valence-electron chi connectivity index (χ0n) is 47.4. The Kier molecular flexibility index (Phi) is 49.6. The summed E-state index contributed by atoms with van der Waals surface area (Å²) in [6.45, 7) is 6.85. The van der Waals surface area contributed by atoms with Gasteiger partial charge in [0.25, 0.3) is 0 Å². The normalized spacial score (nSPS) is 14.4. The molecule has 10 heteroatoms. The molecule has 0 spiro atoms. The number of rotatable bonds is 52. The fourth-order valence-corrected chi connectivity index (χ4v) is 8.75. The predicted molar refractivity (Wildman–Crippen MR) is 309 cm³/mol. The maximum absolute atomic E-state index is 13.5. The summed E-state index contributed by atoms with van der Waals surface area (Å²) in [5.74, 6) is -0.549. The van der Waals surface area contributed by atoms with Gasteiger partial charge in [-0.1, -0.05) is 215 Å². The number of allylic oxidation sites excluding steroid dienone is 13. The molecular weight excluding hydrogens is 916 g/mol. The van der Waals surface area contributed by atoms with Gasteiger partial charge in [-0.2, -0.15) is 0 Å². The van der Waals surface area contributed by atoms with Gasteiger partial charge >= 0.3 is 13.8 Å². The maximum Gasteiger partial charge on any atom is 0.472 e. The van der Waals surface area contributed by atoms with Gasteiger partial charge in [0, 0.05) is 12.8 Å². The highest BCUT2D eigenvalue weighted by Gasteiger charge is 2.30. The summed E-state index contributed by atoms with van der Waals surface area (Å²) < 4.78 is 30.6. The van der Waals surface area contributed by atoms with Gasteiger partial charge in [-0.3, -0.25) is 18.6 Å². The molecule has 0 aliphatic carbocycles. The summed E-state index contributed by atoms with van der Waals surface area (Å²) in [7, 11) is 1.46. The van der Waals surface area contributed by atoms with Crippen molar-refractivity contribution >= 4 is 19.7 Å². The second-order valence-electron chi connectivity index (χ2n) is 20.8. The Labute approximate surface area is 444 Å². The van der Waals surface area contributed by atoms with Crippen molar-refractivity contribution in [2.75, 3.05) is 40.9 Å². The zero-order valence-corrected chi connectivity index (χ0v) is 48.3. The van der Waals surface area contributed by atoms with Crippen LogP contribution in [-0.4, -0.2) is 74.3 Å². The summed E-state index contributed by atoms with van der Waals surface area (Å²) in [4.78, 5) is 37.6. The third kappa shape index (κ3) is 52.1. The summed E-state index contributed by atoms with van der Waals surface area (Å²) in [6, 6.07) is -0.867. The molecule has 0 heterocycles. The number of carbonyl (C=O) groups is 2. The van der Waals surface area contributed by atoms with Crippen molar-refractivity contribution in [3.8, 4) is 0 Å². The van der Waals surface area contributed by atoms with E-state index in [1.807, 2.05) is 33.3 Å². The highest BCUT2D eigenvalue weighted by Crippen LogP contribution is 2.43. The molecule has 1 amide bonds. The molecule has 3 unspecified atom stereocenters. The first-order valence-corrected chi connectivity index (χ1v) is 30.9. The molecule has 0 aromatic heterocycles. The molecule has 416 valence electrons. The monoisotopic (exact) mass is 1030 g/mol. The molecule has 72 heavy (non-hydrogen) atoms. The summed E-state index contributed by atoms with van der Waals surface area (Å²) in [6.07, 6.45) is 67.2. The third-order valence-electron chi connectivity index (χ3n) is 12.6. The minimum atomic E-state index is -4.46. The second kappa shape index (κ2) is 51.7. The van der Waals surface area contributed by atoms with Crippen molar-refractivity contribution in [1.29, 1.82) is 0 Å². The van der Waals surface area contributed by atoms with E-state index in [9.17, 15) is 19.0 Å². The molecular formula is C62H112N2O7P+. The maximum atomic E-state index is 13.5. The van der Waals surface area contributed by atoms with Crippen LogP contribution in [0.15, 0.2) is 85.1 Å². The largest absolute Gasteiger partial charge is 0.472 e. The summed E-state index contributed by atoms with van der Waals surface area (Å²) >= 11 is 0. The van der Waals surface area contributed by atoms with Crippen LogP contribution in [0.5, 0.6) is 0 Å². The van der Waals surface area contributed by atoms with E-state index in [1.165, 1.54) is 89.9 Å². The van der Waals surface area contributed by atoms with Gasteiger partial charge in [-0.05, 0) is 102 Å². The van der Waals surface area contributed by atoms with Crippen LogP contribution in [0.4, 0.5) is 0 Å². The Balaban J connectivity index is 5.34. The molecule has 3 atom stereocenters. The van der Waals surface area contributed by atoms with Gasteiger partial charge in [0.15, 0.2) is 0 Å². The number of esters is 1. The zero-order chi connectivity index (χ0) is 52.9. The number of nitrogens with zero attached hydrogens (tertiary/aromatic N) is 1. The van der Waals surface area contributed by atoms with Gasteiger partial charge in [-0.25, -0.2) is 4.57 Å². The van der Waals surface area contributed by atoms with Crippen molar-refractivity contribution in [1.82, 2.24) is 5.32 Å². The minimum absolute atomic E-state index is 0.0305.